The summed E-state index contributed by atoms with van der Waals surface area (Å²) in [6, 6.07) is 12.8. The molecule has 5 nitrogen and oxygen atoms in total. The van der Waals surface area contributed by atoms with Crippen molar-refractivity contribution in [2.45, 2.75) is 13.5 Å². The number of imide groups is 1. The lowest BCUT2D eigenvalue weighted by Gasteiger charge is -2.10. The fourth-order valence-electron chi connectivity index (χ4n) is 3.29. The SMILES string of the molecule is Cc1c(/C=C2\NC(=O)NC2=O)c2ccccc2n1Cc1ccc(Cl)cc1Cl. The monoisotopic (exact) mass is 399 g/mol. The first kappa shape index (κ1) is 17.6. The molecule has 0 aliphatic carbocycles. The maximum atomic E-state index is 11.9. The third-order valence-corrected chi connectivity index (χ3v) is 5.22. The molecule has 4 rings (SSSR count). The van der Waals surface area contributed by atoms with Crippen molar-refractivity contribution in [3.8, 4) is 0 Å². The number of para-hydroxylation sites is 1. The summed E-state index contributed by atoms with van der Waals surface area (Å²) in [5.41, 5.74) is 4.02. The molecular weight excluding hydrogens is 385 g/mol. The third-order valence-electron chi connectivity index (χ3n) is 4.63. The first-order chi connectivity index (χ1) is 12.9. The molecular formula is C20H15Cl2N3O2. The standard InChI is InChI=1S/C20H15Cl2N3O2/c1-11-15(9-17-19(26)24-20(27)23-17)14-4-2-3-5-18(14)25(11)10-12-6-7-13(21)8-16(12)22/h2-9H,10H2,1H3,(H2,23,24,26,27)/b17-9-. The van der Waals surface area contributed by atoms with Gasteiger partial charge in [-0.25, -0.2) is 4.79 Å². The highest BCUT2D eigenvalue weighted by molar-refractivity contribution is 6.35. The zero-order valence-electron chi connectivity index (χ0n) is 14.3. The van der Waals surface area contributed by atoms with Gasteiger partial charge in [0.1, 0.15) is 5.70 Å². The van der Waals surface area contributed by atoms with Gasteiger partial charge in [0.05, 0.1) is 0 Å². The molecule has 1 aliphatic rings. The van der Waals surface area contributed by atoms with Crippen LogP contribution in [0.3, 0.4) is 0 Å². The van der Waals surface area contributed by atoms with Crippen molar-refractivity contribution >= 4 is 52.1 Å². The molecule has 1 aromatic heterocycles. The van der Waals surface area contributed by atoms with Gasteiger partial charge < -0.3 is 9.88 Å². The molecule has 0 bridgehead atoms. The van der Waals surface area contributed by atoms with E-state index in [2.05, 4.69) is 15.2 Å². The maximum absolute atomic E-state index is 11.9. The van der Waals surface area contributed by atoms with Crippen LogP contribution in [0, 0.1) is 6.92 Å². The van der Waals surface area contributed by atoms with Crippen LogP contribution in [0.15, 0.2) is 48.2 Å². The highest BCUT2D eigenvalue weighted by Gasteiger charge is 2.24. The summed E-state index contributed by atoms with van der Waals surface area (Å²) in [5, 5.41) is 6.93. The topological polar surface area (TPSA) is 63.1 Å². The summed E-state index contributed by atoms with van der Waals surface area (Å²) < 4.78 is 2.13. The second-order valence-corrected chi connectivity index (χ2v) is 7.15. The number of nitrogens with one attached hydrogen (secondary N) is 2. The van der Waals surface area contributed by atoms with Gasteiger partial charge in [-0.1, -0.05) is 47.5 Å². The molecule has 2 heterocycles. The van der Waals surface area contributed by atoms with Gasteiger partial charge >= 0.3 is 6.03 Å². The molecule has 0 spiro atoms. The number of aromatic nitrogens is 1. The van der Waals surface area contributed by atoms with Gasteiger partial charge in [0.15, 0.2) is 0 Å². The van der Waals surface area contributed by atoms with E-state index in [-0.39, 0.29) is 5.70 Å². The van der Waals surface area contributed by atoms with Gasteiger partial charge in [-0.05, 0) is 36.8 Å². The average molecular weight is 400 g/mol. The van der Waals surface area contributed by atoms with Crippen LogP contribution in [0.2, 0.25) is 10.0 Å². The Morgan fingerprint density at radius 2 is 1.85 bits per heavy atom. The second-order valence-electron chi connectivity index (χ2n) is 6.30. The zero-order valence-corrected chi connectivity index (χ0v) is 15.9. The lowest BCUT2D eigenvalue weighted by molar-refractivity contribution is -0.115. The molecule has 1 saturated heterocycles. The summed E-state index contributed by atoms with van der Waals surface area (Å²) in [5.74, 6) is -0.433. The van der Waals surface area contributed by atoms with Crippen molar-refractivity contribution in [1.29, 1.82) is 0 Å². The van der Waals surface area contributed by atoms with E-state index in [4.69, 9.17) is 23.2 Å². The number of hydrogen-bond donors (Lipinski definition) is 2. The van der Waals surface area contributed by atoms with Gasteiger partial charge in [0.2, 0.25) is 0 Å². The number of fused-ring (bicyclic) bond motifs is 1. The number of halogens is 2. The Balaban J connectivity index is 1.85. The van der Waals surface area contributed by atoms with Crippen LogP contribution >= 0.6 is 23.2 Å². The Labute approximate surface area is 165 Å². The summed E-state index contributed by atoms with van der Waals surface area (Å²) in [6.07, 6.45) is 1.71. The lowest BCUT2D eigenvalue weighted by Crippen LogP contribution is -2.22. The summed E-state index contributed by atoms with van der Waals surface area (Å²) >= 11 is 12.4. The van der Waals surface area contributed by atoms with Crippen molar-refractivity contribution in [3.05, 3.63) is 75.0 Å². The normalized spacial score (nSPS) is 15.4. The van der Waals surface area contributed by atoms with Crippen LogP contribution in [0.25, 0.3) is 17.0 Å². The molecule has 1 aliphatic heterocycles. The minimum atomic E-state index is -0.513. The van der Waals surface area contributed by atoms with E-state index in [9.17, 15) is 9.59 Å². The van der Waals surface area contributed by atoms with E-state index in [0.29, 0.717) is 16.6 Å². The maximum Gasteiger partial charge on any atom is 0.326 e. The van der Waals surface area contributed by atoms with Crippen molar-refractivity contribution in [3.63, 3.8) is 0 Å². The molecule has 7 heteroatoms. The van der Waals surface area contributed by atoms with Crippen molar-refractivity contribution in [2.24, 2.45) is 0 Å². The van der Waals surface area contributed by atoms with E-state index in [0.717, 1.165) is 27.7 Å². The molecule has 3 amide bonds. The smallest absolute Gasteiger partial charge is 0.326 e. The predicted octanol–water partition coefficient (Wildman–Crippen LogP) is 4.49. The molecule has 0 radical (unpaired) electrons. The fraction of sp³-hybridized carbons (Fsp3) is 0.100. The summed E-state index contributed by atoms with van der Waals surface area (Å²) in [4.78, 5) is 23.3. The Morgan fingerprint density at radius 1 is 1.07 bits per heavy atom. The number of carbonyl (C=O) groups excluding carboxylic acids is 2. The number of benzene rings is 2. The fourth-order valence-corrected chi connectivity index (χ4v) is 3.76. The van der Waals surface area contributed by atoms with E-state index in [1.807, 2.05) is 43.3 Å². The Hall–Kier alpha value is -2.76. The highest BCUT2D eigenvalue weighted by atomic mass is 35.5. The van der Waals surface area contributed by atoms with E-state index in [1.54, 1.807) is 12.1 Å². The van der Waals surface area contributed by atoms with Crippen LogP contribution in [-0.4, -0.2) is 16.5 Å². The molecule has 0 saturated carbocycles. The predicted molar refractivity (Wildman–Crippen MR) is 107 cm³/mol. The first-order valence-electron chi connectivity index (χ1n) is 8.30. The van der Waals surface area contributed by atoms with Gasteiger partial charge in [-0.15, -0.1) is 0 Å². The second kappa shape index (κ2) is 6.76. The van der Waals surface area contributed by atoms with Crippen molar-refractivity contribution in [1.82, 2.24) is 15.2 Å². The van der Waals surface area contributed by atoms with Gasteiger partial charge in [-0.3, -0.25) is 10.1 Å². The van der Waals surface area contributed by atoms with Crippen molar-refractivity contribution < 1.29 is 9.59 Å². The number of nitrogens with zero attached hydrogens (tertiary/aromatic N) is 1. The van der Waals surface area contributed by atoms with Crippen LogP contribution in [0.1, 0.15) is 16.8 Å². The molecule has 3 aromatic rings. The van der Waals surface area contributed by atoms with Crippen LogP contribution in [-0.2, 0) is 11.3 Å². The Bertz CT molecular complexity index is 1130. The molecule has 2 aromatic carbocycles. The largest absolute Gasteiger partial charge is 0.340 e. The first-order valence-corrected chi connectivity index (χ1v) is 9.05. The van der Waals surface area contributed by atoms with Gasteiger partial charge in [0.25, 0.3) is 5.91 Å². The molecule has 136 valence electrons. The summed E-state index contributed by atoms with van der Waals surface area (Å²) in [6.45, 7) is 2.54. The molecule has 1 fully saturated rings. The van der Waals surface area contributed by atoms with Gasteiger partial charge in [-0.2, -0.15) is 0 Å². The number of hydrogen-bond acceptors (Lipinski definition) is 2. The minimum Gasteiger partial charge on any atom is -0.340 e. The number of carbonyl (C=O) groups is 2. The molecule has 2 N–H and O–H groups in total. The molecule has 27 heavy (non-hydrogen) atoms. The number of rotatable bonds is 3. The van der Waals surface area contributed by atoms with Crippen LogP contribution in [0.5, 0.6) is 0 Å². The minimum absolute atomic E-state index is 0.232. The Kier molecular flexibility index (Phi) is 4.42. The number of amides is 3. The third kappa shape index (κ3) is 3.20. The van der Waals surface area contributed by atoms with Gasteiger partial charge in [0, 0.05) is 38.8 Å². The summed E-state index contributed by atoms with van der Waals surface area (Å²) in [7, 11) is 0. The van der Waals surface area contributed by atoms with Crippen molar-refractivity contribution in [2.75, 3.05) is 0 Å². The highest BCUT2D eigenvalue weighted by Crippen LogP contribution is 2.30. The zero-order chi connectivity index (χ0) is 19.1. The lowest BCUT2D eigenvalue weighted by atomic mass is 10.1. The quantitative estimate of drug-likeness (QED) is 0.503. The van der Waals surface area contributed by atoms with Crippen LogP contribution < -0.4 is 10.6 Å². The van der Waals surface area contributed by atoms with E-state index in [1.165, 1.54) is 0 Å². The Morgan fingerprint density at radius 3 is 2.56 bits per heavy atom. The average Bonchev–Trinajstić information content (AvgIpc) is 3.08. The van der Waals surface area contributed by atoms with E-state index < -0.39 is 11.9 Å². The number of urea groups is 1. The molecule has 0 unspecified atom stereocenters. The van der Waals surface area contributed by atoms with E-state index >= 15 is 0 Å². The molecule has 0 atom stereocenters. The van der Waals surface area contributed by atoms with Crippen LogP contribution in [0.4, 0.5) is 4.79 Å².